The second kappa shape index (κ2) is 11.3. The van der Waals surface area contributed by atoms with Crippen molar-refractivity contribution in [3.63, 3.8) is 0 Å². The molecule has 0 aromatic heterocycles. The first-order valence-corrected chi connectivity index (χ1v) is 9.67. The van der Waals surface area contributed by atoms with E-state index >= 15 is 0 Å². The molecule has 0 aliphatic carbocycles. The van der Waals surface area contributed by atoms with Crippen LogP contribution < -0.4 is 0 Å². The highest BCUT2D eigenvalue weighted by Crippen LogP contribution is 2.09. The predicted octanol–water partition coefficient (Wildman–Crippen LogP) is 2.69. The Labute approximate surface area is 184 Å². The highest BCUT2D eigenvalue weighted by molar-refractivity contribution is 5.92. The lowest BCUT2D eigenvalue weighted by molar-refractivity contribution is -0.141. The summed E-state index contributed by atoms with van der Waals surface area (Å²) in [5, 5.41) is 0. The molecule has 0 N–H and O–H groups in total. The fraction of sp³-hybridized carbons (Fsp3) is 0.167. The number of esters is 4. The third-order valence-electron chi connectivity index (χ3n) is 4.28. The third-order valence-corrected chi connectivity index (χ3v) is 4.28. The zero-order valence-electron chi connectivity index (χ0n) is 17.0. The number of carbonyl (C=O) groups is 4. The lowest BCUT2D eigenvalue weighted by atomic mass is 10.1. The van der Waals surface area contributed by atoms with Gasteiger partial charge >= 0.3 is 23.9 Å². The molecule has 6 rings (SSSR count). The van der Waals surface area contributed by atoms with Crippen molar-refractivity contribution in [3.8, 4) is 0 Å². The monoisotopic (exact) mass is 436 g/mol. The van der Waals surface area contributed by atoms with E-state index in [9.17, 15) is 19.2 Å². The van der Waals surface area contributed by atoms with Gasteiger partial charge < -0.3 is 18.9 Å². The van der Waals surface area contributed by atoms with Crippen LogP contribution in [-0.4, -0.2) is 23.9 Å². The highest BCUT2D eigenvalue weighted by atomic mass is 16.5. The number of benzene rings is 2. The normalized spacial score (nSPS) is 18.0. The molecule has 8 nitrogen and oxygen atoms in total. The van der Waals surface area contributed by atoms with Crippen LogP contribution in [0.3, 0.4) is 0 Å². The fourth-order valence-corrected chi connectivity index (χ4v) is 2.55. The SMILES string of the molecule is O=C1/C=C\C(=O)OCc2ccc(cc2)COC(=O)/C=C\C(=O)OCc2ccc(cc2)CO1. The summed E-state index contributed by atoms with van der Waals surface area (Å²) in [5.41, 5.74) is 2.85. The van der Waals surface area contributed by atoms with Crippen LogP contribution in [0.15, 0.2) is 72.8 Å². The molecule has 4 aliphatic heterocycles. The van der Waals surface area contributed by atoms with Crippen molar-refractivity contribution in [2.45, 2.75) is 26.4 Å². The van der Waals surface area contributed by atoms with E-state index in [2.05, 4.69) is 0 Å². The average Bonchev–Trinajstić information content (AvgIpc) is 2.81. The lowest BCUT2D eigenvalue weighted by Crippen LogP contribution is -2.06. The maximum Gasteiger partial charge on any atom is 0.331 e. The zero-order valence-corrected chi connectivity index (χ0v) is 17.0. The van der Waals surface area contributed by atoms with Gasteiger partial charge in [0.2, 0.25) is 0 Å². The number of ether oxygens (including phenoxy) is 4. The van der Waals surface area contributed by atoms with Crippen molar-refractivity contribution in [2.75, 3.05) is 0 Å². The molecule has 0 unspecified atom stereocenters. The molecule has 8 heteroatoms. The van der Waals surface area contributed by atoms with Gasteiger partial charge in [0.15, 0.2) is 0 Å². The topological polar surface area (TPSA) is 105 Å². The van der Waals surface area contributed by atoms with Gasteiger partial charge in [0.1, 0.15) is 26.4 Å². The Morgan fingerprint density at radius 2 is 0.562 bits per heavy atom. The molecule has 164 valence electrons. The summed E-state index contributed by atoms with van der Waals surface area (Å²) >= 11 is 0. The van der Waals surface area contributed by atoms with Gasteiger partial charge in [0.05, 0.1) is 0 Å². The summed E-state index contributed by atoms with van der Waals surface area (Å²) < 4.78 is 20.3. The highest BCUT2D eigenvalue weighted by Gasteiger charge is 2.06. The number of hydrogen-bond donors (Lipinski definition) is 0. The standard InChI is InChI=1S/C24H20O8/c25-21-9-10-23(27)31-15-19-5-7-20(8-6-19)16-32-24(28)12-11-22(26)30-14-18-2-1-17(3-4-18)13-29-21/h1-12H,13-16H2/b10-9-,12-11-. The van der Waals surface area contributed by atoms with Gasteiger partial charge in [-0.25, -0.2) is 19.2 Å². The van der Waals surface area contributed by atoms with Crippen LogP contribution in [0.5, 0.6) is 0 Å². The second-order valence-corrected chi connectivity index (χ2v) is 6.73. The van der Waals surface area contributed by atoms with E-state index in [0.717, 1.165) is 24.3 Å². The fourth-order valence-electron chi connectivity index (χ4n) is 2.55. The first kappa shape index (κ1) is 22.5. The van der Waals surface area contributed by atoms with Crippen LogP contribution in [0.2, 0.25) is 0 Å². The Hall–Kier alpha value is -4.20. The van der Waals surface area contributed by atoms with Crippen LogP contribution in [0.1, 0.15) is 22.3 Å². The summed E-state index contributed by atoms with van der Waals surface area (Å²) in [4.78, 5) is 47.1. The molecule has 0 saturated heterocycles. The first-order chi connectivity index (χ1) is 15.5. The van der Waals surface area contributed by atoms with Gasteiger partial charge in [0, 0.05) is 24.3 Å². The molecular weight excluding hydrogens is 416 g/mol. The summed E-state index contributed by atoms with van der Waals surface area (Å²) in [5.74, 6) is -2.72. The maximum absolute atomic E-state index is 11.8. The largest absolute Gasteiger partial charge is 0.458 e. The van der Waals surface area contributed by atoms with Crippen molar-refractivity contribution in [2.24, 2.45) is 0 Å². The number of hydrogen-bond acceptors (Lipinski definition) is 8. The summed E-state index contributed by atoms with van der Waals surface area (Å²) in [6, 6.07) is 13.7. The Balaban J connectivity index is 1.69. The van der Waals surface area contributed by atoms with E-state index in [1.54, 1.807) is 48.5 Å². The Bertz CT molecular complexity index is 865. The Kier molecular flexibility index (Phi) is 7.91. The van der Waals surface area contributed by atoms with E-state index in [-0.39, 0.29) is 26.4 Å². The summed E-state index contributed by atoms with van der Waals surface area (Å²) in [7, 11) is 0. The summed E-state index contributed by atoms with van der Waals surface area (Å²) in [6.07, 6.45) is 4.00. The van der Waals surface area contributed by atoms with E-state index in [1.165, 1.54) is 0 Å². The summed E-state index contributed by atoms with van der Waals surface area (Å²) in [6.45, 7) is 0.0376. The lowest BCUT2D eigenvalue weighted by Gasteiger charge is -2.06. The van der Waals surface area contributed by atoms with Gasteiger partial charge in [-0.05, 0) is 22.3 Å². The molecule has 4 heterocycles. The average molecular weight is 436 g/mol. The first-order valence-electron chi connectivity index (χ1n) is 9.67. The molecule has 0 amide bonds. The van der Waals surface area contributed by atoms with E-state index in [4.69, 9.17) is 18.9 Å². The van der Waals surface area contributed by atoms with Crippen molar-refractivity contribution in [1.29, 1.82) is 0 Å². The van der Waals surface area contributed by atoms with Crippen LogP contribution in [0.25, 0.3) is 0 Å². The molecule has 0 spiro atoms. The van der Waals surface area contributed by atoms with Gasteiger partial charge in [-0.1, -0.05) is 48.5 Å². The van der Waals surface area contributed by atoms with Crippen molar-refractivity contribution in [1.82, 2.24) is 0 Å². The Morgan fingerprint density at radius 1 is 0.375 bits per heavy atom. The van der Waals surface area contributed by atoms with Gasteiger partial charge in [-0.2, -0.15) is 0 Å². The minimum Gasteiger partial charge on any atom is -0.458 e. The number of carbonyl (C=O) groups excluding carboxylic acids is 4. The predicted molar refractivity (Wildman–Crippen MR) is 110 cm³/mol. The van der Waals surface area contributed by atoms with Crippen molar-refractivity contribution in [3.05, 3.63) is 95.1 Å². The van der Waals surface area contributed by atoms with Crippen molar-refractivity contribution < 1.29 is 38.1 Å². The number of rotatable bonds is 0. The minimum atomic E-state index is -0.680. The molecule has 4 aliphatic rings. The van der Waals surface area contributed by atoms with E-state index in [0.29, 0.717) is 22.3 Å². The van der Waals surface area contributed by atoms with Crippen LogP contribution in [0.4, 0.5) is 0 Å². The molecule has 0 saturated carbocycles. The van der Waals surface area contributed by atoms with Crippen LogP contribution in [0, 0.1) is 0 Å². The maximum atomic E-state index is 11.8. The zero-order chi connectivity index (χ0) is 22.8. The quantitative estimate of drug-likeness (QED) is 0.459. The third kappa shape index (κ3) is 7.56. The molecule has 0 atom stereocenters. The minimum absolute atomic E-state index is 0.00941. The van der Waals surface area contributed by atoms with Crippen molar-refractivity contribution >= 4 is 23.9 Å². The van der Waals surface area contributed by atoms with Gasteiger partial charge in [-0.3, -0.25) is 0 Å². The van der Waals surface area contributed by atoms with E-state index in [1.807, 2.05) is 0 Å². The molecule has 32 heavy (non-hydrogen) atoms. The molecule has 2 aromatic rings. The Morgan fingerprint density at radius 3 is 0.750 bits per heavy atom. The molecule has 0 fully saturated rings. The second-order valence-electron chi connectivity index (χ2n) is 6.73. The molecule has 4 bridgehead atoms. The van der Waals surface area contributed by atoms with Gasteiger partial charge in [0.25, 0.3) is 0 Å². The van der Waals surface area contributed by atoms with Crippen LogP contribution >= 0.6 is 0 Å². The molecule has 0 radical (unpaired) electrons. The van der Waals surface area contributed by atoms with Crippen LogP contribution in [-0.2, 0) is 64.6 Å². The van der Waals surface area contributed by atoms with Gasteiger partial charge in [-0.15, -0.1) is 0 Å². The molecular formula is C24H20O8. The van der Waals surface area contributed by atoms with E-state index < -0.39 is 23.9 Å². The smallest absolute Gasteiger partial charge is 0.331 e. The molecule has 2 aromatic carbocycles.